The number of rotatable bonds is 5. The molecule has 2 rings (SSSR count). The van der Waals surface area contributed by atoms with Crippen LogP contribution in [0.25, 0.3) is 0 Å². The molecule has 2 N–H and O–H groups in total. The summed E-state index contributed by atoms with van der Waals surface area (Å²) in [6.45, 7) is 1.97. The fourth-order valence-electron chi connectivity index (χ4n) is 1.36. The molecule has 1 heterocycles. The fraction of sp³-hybridized carbons (Fsp3) is 0.250. The highest BCUT2D eigenvalue weighted by Gasteiger charge is 2.07. The average molecular weight is 280 g/mol. The number of aromatic amines is 1. The first-order valence-corrected chi connectivity index (χ1v) is 6.75. The largest absolute Gasteiger partial charge is 0.325 e. The van der Waals surface area contributed by atoms with Crippen LogP contribution in [0.3, 0.4) is 0 Å². The Labute approximate surface area is 114 Å². The van der Waals surface area contributed by atoms with Gasteiger partial charge in [-0.15, -0.1) is 5.10 Å². The smallest absolute Gasteiger partial charge is 0.234 e. The summed E-state index contributed by atoms with van der Waals surface area (Å²) in [6.07, 6.45) is 0.773. The molecular weight excluding hydrogens is 267 g/mol. The van der Waals surface area contributed by atoms with Gasteiger partial charge in [-0.25, -0.2) is 9.37 Å². The number of carbonyl (C=O) groups excluding carboxylic acids is 1. The number of halogens is 1. The third kappa shape index (κ3) is 4.06. The lowest BCUT2D eigenvalue weighted by Crippen LogP contribution is -2.14. The minimum absolute atomic E-state index is 0.181. The van der Waals surface area contributed by atoms with Crippen LogP contribution in [0.2, 0.25) is 0 Å². The number of benzene rings is 1. The van der Waals surface area contributed by atoms with Crippen molar-refractivity contribution in [2.75, 3.05) is 11.1 Å². The molecule has 0 radical (unpaired) electrons. The third-order valence-corrected chi connectivity index (χ3v) is 3.15. The summed E-state index contributed by atoms with van der Waals surface area (Å²) < 4.78 is 12.7. The Bertz CT molecular complexity index is 555. The van der Waals surface area contributed by atoms with Crippen molar-refractivity contribution in [2.24, 2.45) is 0 Å². The summed E-state index contributed by atoms with van der Waals surface area (Å²) >= 11 is 1.25. The van der Waals surface area contributed by atoms with E-state index in [1.165, 1.54) is 36.0 Å². The van der Waals surface area contributed by atoms with Gasteiger partial charge < -0.3 is 5.32 Å². The summed E-state index contributed by atoms with van der Waals surface area (Å²) in [5.41, 5.74) is 0.566. The normalized spacial score (nSPS) is 10.4. The molecule has 1 aromatic carbocycles. The molecule has 2 aromatic rings. The number of hydrogen-bond donors (Lipinski definition) is 2. The molecule has 0 bridgehead atoms. The molecule has 19 heavy (non-hydrogen) atoms. The molecule has 0 aliphatic rings. The first-order chi connectivity index (χ1) is 9.17. The Balaban J connectivity index is 1.82. The lowest BCUT2D eigenvalue weighted by Gasteiger charge is -2.03. The standard InChI is InChI=1S/C12H13FN4OS/c1-2-10-15-12(17-16-10)19-7-11(18)14-9-5-3-8(13)4-6-9/h3-6H,2,7H2,1H3,(H,14,18)(H,15,16,17). The van der Waals surface area contributed by atoms with Crippen molar-refractivity contribution in [3.63, 3.8) is 0 Å². The summed E-state index contributed by atoms with van der Waals surface area (Å²) in [6, 6.07) is 5.62. The van der Waals surface area contributed by atoms with Gasteiger partial charge in [0, 0.05) is 12.1 Å². The van der Waals surface area contributed by atoms with E-state index in [4.69, 9.17) is 0 Å². The molecule has 0 saturated carbocycles. The van der Waals surface area contributed by atoms with Gasteiger partial charge in [0.15, 0.2) is 0 Å². The van der Waals surface area contributed by atoms with Crippen molar-refractivity contribution in [3.05, 3.63) is 35.9 Å². The average Bonchev–Trinajstić information content (AvgIpc) is 2.87. The predicted octanol–water partition coefficient (Wildman–Crippen LogP) is 2.24. The fourth-order valence-corrected chi connectivity index (χ4v) is 1.98. The van der Waals surface area contributed by atoms with E-state index in [0.29, 0.717) is 10.8 Å². The summed E-state index contributed by atoms with van der Waals surface area (Å²) in [4.78, 5) is 15.8. The van der Waals surface area contributed by atoms with Crippen LogP contribution in [0.5, 0.6) is 0 Å². The topological polar surface area (TPSA) is 70.7 Å². The van der Waals surface area contributed by atoms with E-state index in [1.54, 1.807) is 0 Å². The number of carbonyl (C=O) groups is 1. The highest BCUT2D eigenvalue weighted by molar-refractivity contribution is 7.99. The monoisotopic (exact) mass is 280 g/mol. The lowest BCUT2D eigenvalue weighted by atomic mass is 10.3. The maximum atomic E-state index is 12.7. The van der Waals surface area contributed by atoms with Crippen molar-refractivity contribution in [1.82, 2.24) is 15.2 Å². The molecule has 7 heteroatoms. The molecule has 0 fully saturated rings. The number of thioether (sulfide) groups is 1. The quantitative estimate of drug-likeness (QED) is 0.824. The van der Waals surface area contributed by atoms with Gasteiger partial charge in [-0.3, -0.25) is 9.89 Å². The highest BCUT2D eigenvalue weighted by Crippen LogP contribution is 2.14. The molecule has 0 atom stereocenters. The lowest BCUT2D eigenvalue weighted by molar-refractivity contribution is -0.113. The van der Waals surface area contributed by atoms with Crippen LogP contribution in [0, 0.1) is 5.82 Å². The highest BCUT2D eigenvalue weighted by atomic mass is 32.2. The van der Waals surface area contributed by atoms with Gasteiger partial charge in [0.2, 0.25) is 11.1 Å². The maximum absolute atomic E-state index is 12.7. The van der Waals surface area contributed by atoms with Crippen LogP contribution in [0.15, 0.2) is 29.4 Å². The predicted molar refractivity (Wildman–Crippen MR) is 71.5 cm³/mol. The number of H-pyrrole nitrogens is 1. The van der Waals surface area contributed by atoms with Crippen LogP contribution in [0.1, 0.15) is 12.7 Å². The molecule has 5 nitrogen and oxygen atoms in total. The van der Waals surface area contributed by atoms with Crippen LogP contribution < -0.4 is 5.32 Å². The molecule has 0 unspecified atom stereocenters. The number of hydrogen-bond acceptors (Lipinski definition) is 4. The third-order valence-electron chi connectivity index (χ3n) is 2.31. The zero-order valence-electron chi connectivity index (χ0n) is 10.3. The number of aryl methyl sites for hydroxylation is 1. The second-order valence-electron chi connectivity index (χ2n) is 3.76. The van der Waals surface area contributed by atoms with E-state index in [0.717, 1.165) is 12.2 Å². The van der Waals surface area contributed by atoms with Gasteiger partial charge in [0.05, 0.1) is 5.75 Å². The van der Waals surface area contributed by atoms with Gasteiger partial charge in [-0.05, 0) is 24.3 Å². The first-order valence-electron chi connectivity index (χ1n) is 5.77. The second-order valence-corrected chi connectivity index (χ2v) is 4.70. The van der Waals surface area contributed by atoms with E-state index in [9.17, 15) is 9.18 Å². The van der Waals surface area contributed by atoms with Crippen molar-refractivity contribution in [2.45, 2.75) is 18.5 Å². The minimum atomic E-state index is -0.333. The summed E-state index contributed by atoms with van der Waals surface area (Å²) in [5, 5.41) is 9.97. The minimum Gasteiger partial charge on any atom is -0.325 e. The Morgan fingerprint density at radius 2 is 2.16 bits per heavy atom. The van der Waals surface area contributed by atoms with E-state index in [-0.39, 0.29) is 17.5 Å². The van der Waals surface area contributed by atoms with Gasteiger partial charge in [-0.1, -0.05) is 18.7 Å². The van der Waals surface area contributed by atoms with E-state index >= 15 is 0 Å². The van der Waals surface area contributed by atoms with E-state index < -0.39 is 0 Å². The zero-order chi connectivity index (χ0) is 13.7. The van der Waals surface area contributed by atoms with Crippen molar-refractivity contribution in [3.8, 4) is 0 Å². The van der Waals surface area contributed by atoms with Gasteiger partial charge in [0.1, 0.15) is 11.6 Å². The van der Waals surface area contributed by atoms with Crippen LogP contribution >= 0.6 is 11.8 Å². The molecule has 0 aliphatic carbocycles. The van der Waals surface area contributed by atoms with Gasteiger partial charge >= 0.3 is 0 Å². The van der Waals surface area contributed by atoms with E-state index in [2.05, 4.69) is 20.5 Å². The van der Waals surface area contributed by atoms with Crippen LogP contribution in [-0.4, -0.2) is 26.8 Å². The first kappa shape index (κ1) is 13.5. The molecular formula is C12H13FN4OS. The molecule has 1 amide bonds. The van der Waals surface area contributed by atoms with Crippen LogP contribution in [0.4, 0.5) is 10.1 Å². The SMILES string of the molecule is CCc1nc(SCC(=O)Nc2ccc(F)cc2)n[nH]1. The van der Waals surface area contributed by atoms with Crippen molar-refractivity contribution < 1.29 is 9.18 Å². The Hall–Kier alpha value is -1.89. The Morgan fingerprint density at radius 1 is 1.42 bits per heavy atom. The van der Waals surface area contributed by atoms with Crippen molar-refractivity contribution in [1.29, 1.82) is 0 Å². The zero-order valence-corrected chi connectivity index (χ0v) is 11.1. The summed E-state index contributed by atoms with van der Waals surface area (Å²) in [5.74, 6) is 0.486. The Morgan fingerprint density at radius 3 is 2.79 bits per heavy atom. The molecule has 100 valence electrons. The van der Waals surface area contributed by atoms with Gasteiger partial charge in [-0.2, -0.15) is 0 Å². The molecule has 0 aliphatic heterocycles. The number of amides is 1. The molecule has 0 spiro atoms. The number of nitrogens with zero attached hydrogens (tertiary/aromatic N) is 2. The van der Waals surface area contributed by atoms with Crippen molar-refractivity contribution >= 4 is 23.4 Å². The summed E-state index contributed by atoms with van der Waals surface area (Å²) in [7, 11) is 0. The number of aromatic nitrogens is 3. The molecule has 1 aromatic heterocycles. The van der Waals surface area contributed by atoms with Crippen LogP contribution in [-0.2, 0) is 11.2 Å². The molecule has 0 saturated heterocycles. The second kappa shape index (κ2) is 6.33. The van der Waals surface area contributed by atoms with Gasteiger partial charge in [0.25, 0.3) is 0 Å². The number of nitrogens with one attached hydrogen (secondary N) is 2. The Kier molecular flexibility index (Phi) is 4.51. The van der Waals surface area contributed by atoms with E-state index in [1.807, 2.05) is 6.92 Å². The number of anilines is 1. The maximum Gasteiger partial charge on any atom is 0.234 e.